The Morgan fingerprint density at radius 2 is 2.07 bits per heavy atom. The number of halogens is 1. The summed E-state index contributed by atoms with van der Waals surface area (Å²) in [6.07, 6.45) is 3.96. The SMILES string of the molecule is CCCN1c2ccc(/C=N\NC(=O)c3ccccc3Br)cc2C(C)CC1(C)C. The molecule has 0 aromatic heterocycles. The normalized spacial score (nSPS) is 18.2. The van der Waals surface area contributed by atoms with Crippen LogP contribution in [0.4, 0.5) is 5.69 Å². The van der Waals surface area contributed by atoms with Gasteiger partial charge in [0, 0.05) is 22.2 Å². The van der Waals surface area contributed by atoms with Gasteiger partial charge >= 0.3 is 0 Å². The van der Waals surface area contributed by atoms with Gasteiger partial charge in [0.25, 0.3) is 5.91 Å². The van der Waals surface area contributed by atoms with Crippen molar-refractivity contribution in [2.45, 2.75) is 52.0 Å². The number of hydrogen-bond donors (Lipinski definition) is 1. The van der Waals surface area contributed by atoms with Gasteiger partial charge in [-0.25, -0.2) is 5.43 Å². The van der Waals surface area contributed by atoms with Crippen molar-refractivity contribution in [3.05, 3.63) is 63.6 Å². The fraction of sp³-hybridized carbons (Fsp3) is 0.391. The molecular weight excluding hydrogens is 414 g/mol. The molecule has 1 aliphatic heterocycles. The Kier molecular flexibility index (Phi) is 6.23. The summed E-state index contributed by atoms with van der Waals surface area (Å²) < 4.78 is 0.754. The highest BCUT2D eigenvalue weighted by Crippen LogP contribution is 2.43. The molecule has 1 amide bonds. The molecule has 1 aliphatic rings. The predicted octanol–water partition coefficient (Wildman–Crippen LogP) is 5.72. The van der Waals surface area contributed by atoms with Crippen LogP contribution in [0.15, 0.2) is 52.0 Å². The van der Waals surface area contributed by atoms with E-state index in [0.717, 1.165) is 29.4 Å². The lowest BCUT2D eigenvalue weighted by molar-refractivity contribution is 0.0954. The van der Waals surface area contributed by atoms with Crippen LogP contribution in [0.3, 0.4) is 0 Å². The van der Waals surface area contributed by atoms with Gasteiger partial charge < -0.3 is 4.90 Å². The van der Waals surface area contributed by atoms with E-state index < -0.39 is 0 Å². The molecule has 28 heavy (non-hydrogen) atoms. The van der Waals surface area contributed by atoms with Crippen molar-refractivity contribution < 1.29 is 4.79 Å². The quantitative estimate of drug-likeness (QED) is 0.476. The van der Waals surface area contributed by atoms with Gasteiger partial charge in [0.1, 0.15) is 0 Å². The van der Waals surface area contributed by atoms with Crippen molar-refractivity contribution in [3.8, 4) is 0 Å². The average Bonchev–Trinajstić information content (AvgIpc) is 2.65. The van der Waals surface area contributed by atoms with E-state index in [2.05, 4.69) is 77.3 Å². The third kappa shape index (κ3) is 4.30. The van der Waals surface area contributed by atoms with Crippen molar-refractivity contribution in [2.24, 2.45) is 5.10 Å². The van der Waals surface area contributed by atoms with Gasteiger partial charge in [0.2, 0.25) is 0 Å². The lowest BCUT2D eigenvalue weighted by atomic mass is 9.79. The van der Waals surface area contributed by atoms with Crippen LogP contribution < -0.4 is 10.3 Å². The molecule has 3 rings (SSSR count). The molecule has 4 nitrogen and oxygen atoms in total. The fourth-order valence-electron chi connectivity index (χ4n) is 4.11. The van der Waals surface area contributed by atoms with Crippen LogP contribution >= 0.6 is 15.9 Å². The largest absolute Gasteiger partial charge is 0.366 e. The lowest BCUT2D eigenvalue weighted by Crippen LogP contribution is -2.48. The van der Waals surface area contributed by atoms with E-state index >= 15 is 0 Å². The number of carbonyl (C=O) groups is 1. The molecule has 1 N–H and O–H groups in total. The zero-order valence-electron chi connectivity index (χ0n) is 17.0. The Morgan fingerprint density at radius 3 is 2.79 bits per heavy atom. The predicted molar refractivity (Wildman–Crippen MR) is 120 cm³/mol. The summed E-state index contributed by atoms with van der Waals surface area (Å²) in [5.74, 6) is 0.257. The zero-order chi connectivity index (χ0) is 20.3. The Balaban J connectivity index is 1.78. The number of anilines is 1. The van der Waals surface area contributed by atoms with Crippen molar-refractivity contribution >= 4 is 33.7 Å². The van der Waals surface area contributed by atoms with Crippen molar-refractivity contribution in [3.63, 3.8) is 0 Å². The molecule has 0 bridgehead atoms. The second kappa shape index (κ2) is 8.48. The van der Waals surface area contributed by atoms with Crippen LogP contribution in [-0.2, 0) is 0 Å². The Morgan fingerprint density at radius 1 is 1.32 bits per heavy atom. The number of fused-ring (bicyclic) bond motifs is 1. The van der Waals surface area contributed by atoms with E-state index in [4.69, 9.17) is 0 Å². The summed E-state index contributed by atoms with van der Waals surface area (Å²) in [4.78, 5) is 14.8. The highest BCUT2D eigenvalue weighted by molar-refractivity contribution is 9.10. The molecule has 2 aromatic rings. The maximum Gasteiger partial charge on any atom is 0.272 e. The first-order chi connectivity index (χ1) is 13.3. The third-order valence-electron chi connectivity index (χ3n) is 5.36. The molecule has 5 heteroatoms. The first kappa shape index (κ1) is 20.6. The Hall–Kier alpha value is -2.14. The molecule has 1 unspecified atom stereocenters. The van der Waals surface area contributed by atoms with Gasteiger partial charge in [-0.05, 0) is 83.9 Å². The van der Waals surface area contributed by atoms with E-state index in [9.17, 15) is 4.79 Å². The zero-order valence-corrected chi connectivity index (χ0v) is 18.6. The van der Waals surface area contributed by atoms with E-state index in [1.807, 2.05) is 18.2 Å². The van der Waals surface area contributed by atoms with Crippen molar-refractivity contribution in [1.82, 2.24) is 5.43 Å². The van der Waals surface area contributed by atoms with Gasteiger partial charge in [-0.1, -0.05) is 32.0 Å². The number of hydrogen-bond acceptors (Lipinski definition) is 3. The number of nitrogens with one attached hydrogen (secondary N) is 1. The number of carbonyl (C=O) groups excluding carboxylic acids is 1. The van der Waals surface area contributed by atoms with Crippen molar-refractivity contribution in [2.75, 3.05) is 11.4 Å². The van der Waals surface area contributed by atoms with Gasteiger partial charge in [-0.3, -0.25) is 4.79 Å². The summed E-state index contributed by atoms with van der Waals surface area (Å²) in [7, 11) is 0. The number of rotatable bonds is 5. The van der Waals surface area contributed by atoms with Crippen LogP contribution in [-0.4, -0.2) is 24.2 Å². The van der Waals surface area contributed by atoms with Crippen LogP contribution in [0.1, 0.15) is 67.9 Å². The highest BCUT2D eigenvalue weighted by atomic mass is 79.9. The minimum Gasteiger partial charge on any atom is -0.366 e. The second-order valence-corrected chi connectivity index (χ2v) is 8.92. The standard InChI is InChI=1S/C23H28BrN3O/c1-5-12-27-21-11-10-17(13-19(21)16(2)14-23(27,3)4)15-25-26-22(28)18-8-6-7-9-20(18)24/h6-11,13,15-16H,5,12,14H2,1-4H3,(H,26,28)/b25-15-. The summed E-state index contributed by atoms with van der Waals surface area (Å²) in [6, 6.07) is 13.8. The molecule has 1 heterocycles. The number of hydrazone groups is 1. The topological polar surface area (TPSA) is 44.7 Å². The Bertz CT molecular complexity index is 891. The lowest BCUT2D eigenvalue weighted by Gasteiger charge is -2.47. The van der Waals surface area contributed by atoms with Crippen LogP contribution in [0.25, 0.3) is 0 Å². The second-order valence-electron chi connectivity index (χ2n) is 8.07. The van der Waals surface area contributed by atoms with Gasteiger partial charge in [-0.2, -0.15) is 5.10 Å². The molecular formula is C23H28BrN3O. The molecule has 0 fully saturated rings. The van der Waals surface area contributed by atoms with E-state index in [1.165, 1.54) is 11.3 Å². The fourth-order valence-corrected chi connectivity index (χ4v) is 4.57. The van der Waals surface area contributed by atoms with Gasteiger partial charge in [0.15, 0.2) is 0 Å². The molecule has 0 radical (unpaired) electrons. The average molecular weight is 442 g/mol. The molecule has 0 spiro atoms. The van der Waals surface area contributed by atoms with E-state index in [-0.39, 0.29) is 11.4 Å². The van der Waals surface area contributed by atoms with Crippen LogP contribution in [0.2, 0.25) is 0 Å². The van der Waals surface area contributed by atoms with Crippen LogP contribution in [0.5, 0.6) is 0 Å². The summed E-state index contributed by atoms with van der Waals surface area (Å²) in [6.45, 7) is 10.2. The highest BCUT2D eigenvalue weighted by Gasteiger charge is 2.35. The van der Waals surface area contributed by atoms with Crippen LogP contribution in [0, 0.1) is 0 Å². The molecule has 148 valence electrons. The number of nitrogens with zero attached hydrogens (tertiary/aromatic N) is 2. The molecule has 0 aliphatic carbocycles. The smallest absolute Gasteiger partial charge is 0.272 e. The Labute approximate surface area is 176 Å². The van der Waals surface area contributed by atoms with Gasteiger partial charge in [-0.15, -0.1) is 0 Å². The molecule has 0 saturated carbocycles. The summed E-state index contributed by atoms with van der Waals surface area (Å²) >= 11 is 3.39. The minimum absolute atomic E-state index is 0.162. The summed E-state index contributed by atoms with van der Waals surface area (Å²) in [5.41, 5.74) is 7.01. The first-order valence-corrected chi connectivity index (χ1v) is 10.6. The maximum absolute atomic E-state index is 12.3. The molecule has 0 saturated heterocycles. The minimum atomic E-state index is -0.231. The number of benzene rings is 2. The third-order valence-corrected chi connectivity index (χ3v) is 6.05. The van der Waals surface area contributed by atoms with Gasteiger partial charge in [0.05, 0.1) is 11.8 Å². The van der Waals surface area contributed by atoms with Crippen molar-refractivity contribution in [1.29, 1.82) is 0 Å². The molecule has 2 aromatic carbocycles. The molecule has 1 atom stereocenters. The van der Waals surface area contributed by atoms with E-state index in [0.29, 0.717) is 11.5 Å². The summed E-state index contributed by atoms with van der Waals surface area (Å²) in [5, 5.41) is 4.16. The number of amides is 1. The maximum atomic E-state index is 12.3. The van der Waals surface area contributed by atoms with E-state index in [1.54, 1.807) is 12.3 Å². The first-order valence-electron chi connectivity index (χ1n) is 9.83. The monoisotopic (exact) mass is 441 g/mol.